The fourth-order valence-corrected chi connectivity index (χ4v) is 3.06. The maximum Gasteiger partial charge on any atom is 0.335 e. The highest BCUT2D eigenvalue weighted by Gasteiger charge is 2.25. The first kappa shape index (κ1) is 15.0. The smallest absolute Gasteiger partial charge is 0.335 e. The van der Waals surface area contributed by atoms with Crippen molar-refractivity contribution < 1.29 is 27.1 Å². The first-order chi connectivity index (χ1) is 9.81. The van der Waals surface area contributed by atoms with E-state index in [9.17, 15) is 22.0 Å². The van der Waals surface area contributed by atoms with Crippen molar-refractivity contribution in [1.29, 1.82) is 0 Å². The van der Waals surface area contributed by atoms with Gasteiger partial charge in [0.2, 0.25) is 0 Å². The number of aromatic carboxylic acids is 1. The Morgan fingerprint density at radius 1 is 1.24 bits per heavy atom. The van der Waals surface area contributed by atoms with E-state index in [2.05, 4.69) is 4.98 Å². The zero-order valence-electron chi connectivity index (χ0n) is 10.5. The van der Waals surface area contributed by atoms with Crippen LogP contribution in [0.15, 0.2) is 41.4 Å². The van der Waals surface area contributed by atoms with Gasteiger partial charge in [-0.2, -0.15) is 0 Å². The van der Waals surface area contributed by atoms with Crippen LogP contribution >= 0.6 is 0 Å². The topological polar surface area (TPSA) is 84.3 Å². The van der Waals surface area contributed by atoms with Crippen LogP contribution in [-0.2, 0) is 15.6 Å². The van der Waals surface area contributed by atoms with Gasteiger partial charge in [0.1, 0.15) is 4.90 Å². The van der Waals surface area contributed by atoms with Crippen LogP contribution in [0.1, 0.15) is 16.1 Å². The molecule has 1 aromatic heterocycles. The van der Waals surface area contributed by atoms with Crippen molar-refractivity contribution in [3.05, 3.63) is 59.4 Å². The van der Waals surface area contributed by atoms with Crippen LogP contribution in [0.5, 0.6) is 0 Å². The molecule has 0 fully saturated rings. The maximum absolute atomic E-state index is 13.7. The number of nitrogens with zero attached hydrogens (tertiary/aromatic N) is 1. The van der Waals surface area contributed by atoms with Crippen LogP contribution in [0.3, 0.4) is 0 Å². The normalized spacial score (nSPS) is 11.3. The lowest BCUT2D eigenvalue weighted by Gasteiger charge is -2.07. The quantitative estimate of drug-likeness (QED) is 0.933. The van der Waals surface area contributed by atoms with E-state index in [1.807, 2.05) is 0 Å². The summed E-state index contributed by atoms with van der Waals surface area (Å²) in [5, 5.41) is 8.78. The molecule has 2 aromatic rings. The minimum absolute atomic E-state index is 0.137. The number of benzene rings is 1. The highest BCUT2D eigenvalue weighted by molar-refractivity contribution is 7.90. The Balaban J connectivity index is 2.52. The number of aromatic nitrogens is 1. The van der Waals surface area contributed by atoms with Crippen LogP contribution in [0.25, 0.3) is 0 Å². The highest BCUT2D eigenvalue weighted by Crippen LogP contribution is 2.23. The van der Waals surface area contributed by atoms with Crippen molar-refractivity contribution >= 4 is 15.8 Å². The second-order valence-corrected chi connectivity index (χ2v) is 6.11. The van der Waals surface area contributed by atoms with E-state index in [1.54, 1.807) is 12.1 Å². The third kappa shape index (κ3) is 3.22. The second kappa shape index (κ2) is 5.57. The van der Waals surface area contributed by atoms with Gasteiger partial charge in [0.05, 0.1) is 17.0 Å². The average Bonchev–Trinajstić information content (AvgIpc) is 2.41. The largest absolute Gasteiger partial charge is 0.478 e. The van der Waals surface area contributed by atoms with Crippen molar-refractivity contribution in [2.75, 3.05) is 0 Å². The van der Waals surface area contributed by atoms with Crippen LogP contribution in [0, 0.1) is 11.6 Å². The molecule has 21 heavy (non-hydrogen) atoms. The molecule has 1 heterocycles. The maximum atomic E-state index is 13.7. The third-order valence-electron chi connectivity index (χ3n) is 2.64. The SMILES string of the molecule is O=C(O)c1cc(F)c(F)c(S(=O)(=O)Cc2ccccn2)c1. The van der Waals surface area contributed by atoms with Crippen molar-refractivity contribution in [2.45, 2.75) is 10.6 Å². The molecular formula is C13H9F2NO4S. The number of halogens is 2. The number of sulfone groups is 1. The minimum atomic E-state index is -4.26. The molecule has 8 heteroatoms. The number of carbonyl (C=O) groups is 1. The Labute approximate surface area is 118 Å². The highest BCUT2D eigenvalue weighted by atomic mass is 32.2. The lowest BCUT2D eigenvalue weighted by molar-refractivity contribution is 0.0696. The molecule has 110 valence electrons. The molecule has 5 nitrogen and oxygen atoms in total. The van der Waals surface area contributed by atoms with Crippen LogP contribution in [0.2, 0.25) is 0 Å². The van der Waals surface area contributed by atoms with E-state index >= 15 is 0 Å². The van der Waals surface area contributed by atoms with E-state index in [4.69, 9.17) is 5.11 Å². The Morgan fingerprint density at radius 2 is 1.95 bits per heavy atom. The summed E-state index contributed by atoms with van der Waals surface area (Å²) in [5.74, 6) is -5.35. The number of rotatable bonds is 4. The molecule has 0 saturated carbocycles. The average molecular weight is 313 g/mol. The molecule has 0 aliphatic carbocycles. The standard InChI is InChI=1S/C13H9F2NO4S/c14-10-5-8(13(17)18)6-11(12(10)15)21(19,20)7-9-3-1-2-4-16-9/h1-6H,7H2,(H,17,18). The Morgan fingerprint density at radius 3 is 2.52 bits per heavy atom. The molecule has 0 spiro atoms. The van der Waals surface area contributed by atoms with Crippen LogP contribution in [-0.4, -0.2) is 24.5 Å². The van der Waals surface area contributed by atoms with Gasteiger partial charge >= 0.3 is 5.97 Å². The monoisotopic (exact) mass is 313 g/mol. The first-order valence-corrected chi connectivity index (χ1v) is 7.31. The molecule has 0 aliphatic rings. The van der Waals surface area contributed by atoms with Gasteiger partial charge in [0.15, 0.2) is 21.5 Å². The fraction of sp³-hybridized carbons (Fsp3) is 0.0769. The number of hydrogen-bond acceptors (Lipinski definition) is 4. The Bertz CT molecular complexity index is 791. The Kier molecular flexibility index (Phi) is 3.99. The molecular weight excluding hydrogens is 304 g/mol. The Hall–Kier alpha value is -2.35. The van der Waals surface area contributed by atoms with E-state index in [-0.39, 0.29) is 5.69 Å². The lowest BCUT2D eigenvalue weighted by Crippen LogP contribution is -2.11. The van der Waals surface area contributed by atoms with Crippen molar-refractivity contribution in [3.8, 4) is 0 Å². The molecule has 0 amide bonds. The van der Waals surface area contributed by atoms with Crippen molar-refractivity contribution in [1.82, 2.24) is 4.98 Å². The van der Waals surface area contributed by atoms with E-state index in [1.165, 1.54) is 12.3 Å². The summed E-state index contributed by atoms with van der Waals surface area (Å²) in [6.07, 6.45) is 1.36. The minimum Gasteiger partial charge on any atom is -0.478 e. The molecule has 0 saturated heterocycles. The summed E-state index contributed by atoms with van der Waals surface area (Å²) in [4.78, 5) is 13.6. The van der Waals surface area contributed by atoms with E-state index < -0.39 is 43.7 Å². The fourth-order valence-electron chi connectivity index (χ4n) is 1.67. The lowest BCUT2D eigenvalue weighted by atomic mass is 10.2. The number of hydrogen-bond donors (Lipinski definition) is 1. The number of carboxylic acid groups (broad SMARTS) is 1. The molecule has 0 unspecified atom stereocenters. The zero-order chi connectivity index (χ0) is 15.6. The van der Waals surface area contributed by atoms with Gasteiger partial charge in [-0.15, -0.1) is 0 Å². The van der Waals surface area contributed by atoms with Gasteiger partial charge in [-0.3, -0.25) is 4.98 Å². The zero-order valence-corrected chi connectivity index (χ0v) is 11.3. The number of carboxylic acids is 1. The predicted octanol–water partition coefficient (Wildman–Crippen LogP) is 2.03. The van der Waals surface area contributed by atoms with E-state index in [0.717, 1.165) is 0 Å². The van der Waals surface area contributed by atoms with Gasteiger partial charge in [-0.1, -0.05) is 6.07 Å². The summed E-state index contributed by atoms with van der Waals surface area (Å²) < 4.78 is 51.2. The van der Waals surface area contributed by atoms with Crippen LogP contribution < -0.4 is 0 Å². The van der Waals surface area contributed by atoms with Crippen LogP contribution in [0.4, 0.5) is 8.78 Å². The third-order valence-corrected chi connectivity index (χ3v) is 4.28. The summed E-state index contributed by atoms with van der Waals surface area (Å²) in [7, 11) is -4.26. The summed E-state index contributed by atoms with van der Waals surface area (Å²) >= 11 is 0. The molecule has 1 N–H and O–H groups in total. The number of pyridine rings is 1. The van der Waals surface area contributed by atoms with Gasteiger partial charge in [0, 0.05) is 6.20 Å². The van der Waals surface area contributed by atoms with Crippen molar-refractivity contribution in [2.24, 2.45) is 0 Å². The second-order valence-electron chi connectivity index (χ2n) is 4.16. The van der Waals surface area contributed by atoms with Gasteiger partial charge in [-0.25, -0.2) is 22.0 Å². The summed E-state index contributed by atoms with van der Waals surface area (Å²) in [5.41, 5.74) is -0.508. The predicted molar refractivity (Wildman–Crippen MR) is 68.4 cm³/mol. The van der Waals surface area contributed by atoms with Gasteiger partial charge < -0.3 is 5.11 Å². The molecule has 0 atom stereocenters. The summed E-state index contributed by atoms with van der Waals surface area (Å²) in [6.45, 7) is 0. The van der Waals surface area contributed by atoms with Crippen molar-refractivity contribution in [3.63, 3.8) is 0 Å². The summed E-state index contributed by atoms with van der Waals surface area (Å²) in [6, 6.07) is 5.55. The molecule has 1 aromatic carbocycles. The van der Waals surface area contributed by atoms with E-state index in [0.29, 0.717) is 12.1 Å². The first-order valence-electron chi connectivity index (χ1n) is 5.66. The molecule has 0 bridgehead atoms. The van der Waals surface area contributed by atoms with Gasteiger partial charge in [0.25, 0.3) is 0 Å². The molecule has 0 radical (unpaired) electrons. The molecule has 2 rings (SSSR count). The van der Waals surface area contributed by atoms with Gasteiger partial charge in [-0.05, 0) is 24.3 Å². The molecule has 0 aliphatic heterocycles.